The van der Waals surface area contributed by atoms with Gasteiger partial charge in [0.25, 0.3) is 0 Å². The molecule has 0 spiro atoms. The van der Waals surface area contributed by atoms with E-state index in [4.69, 9.17) is 0 Å². The second kappa shape index (κ2) is 6.05. The third kappa shape index (κ3) is 3.97. The van der Waals surface area contributed by atoms with Crippen molar-refractivity contribution in [2.75, 3.05) is 6.54 Å². The maximum absolute atomic E-state index is 3.52. The lowest BCUT2D eigenvalue weighted by Crippen LogP contribution is -2.17. The Kier molecular flexibility index (Phi) is 5.01. The Morgan fingerprint density at radius 1 is 1.00 bits per heavy atom. The summed E-state index contributed by atoms with van der Waals surface area (Å²) in [6, 6.07) is 4.60. The molecule has 0 saturated carbocycles. The summed E-state index contributed by atoms with van der Waals surface area (Å²) in [7, 11) is 0. The van der Waals surface area contributed by atoms with Gasteiger partial charge < -0.3 is 5.32 Å². The van der Waals surface area contributed by atoms with E-state index in [0.29, 0.717) is 0 Å². The molecule has 1 N–H and O–H groups in total. The van der Waals surface area contributed by atoms with E-state index in [1.54, 1.807) is 0 Å². The number of benzene rings is 1. The van der Waals surface area contributed by atoms with E-state index < -0.39 is 0 Å². The van der Waals surface area contributed by atoms with Gasteiger partial charge in [-0.15, -0.1) is 0 Å². The van der Waals surface area contributed by atoms with Crippen molar-refractivity contribution in [1.82, 2.24) is 5.32 Å². The molecule has 0 amide bonds. The largest absolute Gasteiger partial charge is 0.313 e. The number of nitrogens with one attached hydrogen (secondary N) is 1. The Balaban J connectivity index is 2.51. The van der Waals surface area contributed by atoms with Crippen molar-refractivity contribution < 1.29 is 0 Å². The SMILES string of the molecule is Cc1cc(C)c(CNCCC(C)C)cc1C. The first-order valence-corrected chi connectivity index (χ1v) is 6.28. The van der Waals surface area contributed by atoms with Gasteiger partial charge in [-0.2, -0.15) is 0 Å². The van der Waals surface area contributed by atoms with Gasteiger partial charge in [0.2, 0.25) is 0 Å². The van der Waals surface area contributed by atoms with E-state index in [9.17, 15) is 0 Å². The summed E-state index contributed by atoms with van der Waals surface area (Å²) in [6.45, 7) is 13.2. The first-order chi connectivity index (χ1) is 7.50. The highest BCUT2D eigenvalue weighted by molar-refractivity contribution is 5.36. The lowest BCUT2D eigenvalue weighted by Gasteiger charge is -2.11. The molecule has 1 nitrogen and oxygen atoms in total. The molecular weight excluding hydrogens is 194 g/mol. The Hall–Kier alpha value is -0.820. The van der Waals surface area contributed by atoms with E-state index in [0.717, 1.165) is 19.0 Å². The van der Waals surface area contributed by atoms with Gasteiger partial charge in [-0.3, -0.25) is 0 Å². The van der Waals surface area contributed by atoms with Crippen LogP contribution in [0.15, 0.2) is 12.1 Å². The number of hydrogen-bond acceptors (Lipinski definition) is 1. The van der Waals surface area contributed by atoms with Gasteiger partial charge in [0, 0.05) is 6.54 Å². The summed E-state index contributed by atoms with van der Waals surface area (Å²) in [5.41, 5.74) is 5.63. The smallest absolute Gasteiger partial charge is 0.0208 e. The van der Waals surface area contributed by atoms with Crippen molar-refractivity contribution >= 4 is 0 Å². The van der Waals surface area contributed by atoms with Gasteiger partial charge in [0.05, 0.1) is 0 Å². The minimum atomic E-state index is 0.786. The van der Waals surface area contributed by atoms with Crippen LogP contribution in [0.5, 0.6) is 0 Å². The highest BCUT2D eigenvalue weighted by Gasteiger charge is 2.01. The second-order valence-corrected chi connectivity index (χ2v) is 5.22. The minimum absolute atomic E-state index is 0.786. The van der Waals surface area contributed by atoms with E-state index >= 15 is 0 Å². The monoisotopic (exact) mass is 219 g/mol. The Labute approximate surface area is 100 Å². The molecule has 1 aromatic rings. The van der Waals surface area contributed by atoms with Crippen LogP contribution in [0.25, 0.3) is 0 Å². The predicted molar refractivity (Wildman–Crippen MR) is 71.8 cm³/mol. The summed E-state index contributed by atoms with van der Waals surface area (Å²) in [5, 5.41) is 3.52. The molecule has 1 rings (SSSR count). The maximum atomic E-state index is 3.52. The number of hydrogen-bond donors (Lipinski definition) is 1. The molecular formula is C15H25N. The molecule has 0 aliphatic carbocycles. The highest BCUT2D eigenvalue weighted by atomic mass is 14.8. The molecule has 0 aliphatic rings. The number of aryl methyl sites for hydroxylation is 3. The van der Waals surface area contributed by atoms with Crippen LogP contribution < -0.4 is 5.32 Å². The fraction of sp³-hybridized carbons (Fsp3) is 0.600. The maximum Gasteiger partial charge on any atom is 0.0208 e. The fourth-order valence-corrected chi connectivity index (χ4v) is 1.82. The summed E-state index contributed by atoms with van der Waals surface area (Å²) >= 11 is 0. The van der Waals surface area contributed by atoms with Crippen molar-refractivity contribution in [2.45, 2.75) is 47.6 Å². The van der Waals surface area contributed by atoms with E-state index in [-0.39, 0.29) is 0 Å². The summed E-state index contributed by atoms with van der Waals surface area (Å²) in [6.07, 6.45) is 1.25. The van der Waals surface area contributed by atoms with Crippen LogP contribution >= 0.6 is 0 Å². The van der Waals surface area contributed by atoms with Gasteiger partial charge >= 0.3 is 0 Å². The van der Waals surface area contributed by atoms with Crippen molar-refractivity contribution in [3.8, 4) is 0 Å². The molecule has 0 aliphatic heterocycles. The molecule has 0 bridgehead atoms. The molecule has 0 fully saturated rings. The molecule has 90 valence electrons. The Morgan fingerprint density at radius 3 is 2.25 bits per heavy atom. The van der Waals surface area contributed by atoms with Gasteiger partial charge in [0.1, 0.15) is 0 Å². The Morgan fingerprint density at radius 2 is 1.62 bits per heavy atom. The van der Waals surface area contributed by atoms with Crippen LogP contribution in [-0.2, 0) is 6.54 Å². The van der Waals surface area contributed by atoms with Crippen LogP contribution in [0.1, 0.15) is 42.5 Å². The molecule has 0 atom stereocenters. The zero-order chi connectivity index (χ0) is 12.1. The summed E-state index contributed by atoms with van der Waals surface area (Å²) in [4.78, 5) is 0. The fourth-order valence-electron chi connectivity index (χ4n) is 1.82. The van der Waals surface area contributed by atoms with Crippen molar-refractivity contribution in [3.63, 3.8) is 0 Å². The normalized spacial score (nSPS) is 11.1. The van der Waals surface area contributed by atoms with Crippen molar-refractivity contribution in [2.24, 2.45) is 5.92 Å². The van der Waals surface area contributed by atoms with Crippen LogP contribution in [0.3, 0.4) is 0 Å². The van der Waals surface area contributed by atoms with E-state index in [1.165, 1.54) is 28.7 Å². The van der Waals surface area contributed by atoms with Crippen molar-refractivity contribution in [3.05, 3.63) is 34.4 Å². The molecule has 0 saturated heterocycles. The molecule has 0 radical (unpaired) electrons. The third-order valence-electron chi connectivity index (χ3n) is 3.17. The van der Waals surface area contributed by atoms with E-state index in [1.807, 2.05) is 0 Å². The lowest BCUT2D eigenvalue weighted by atomic mass is 10.0. The number of rotatable bonds is 5. The van der Waals surface area contributed by atoms with Crippen LogP contribution in [0, 0.1) is 26.7 Å². The highest BCUT2D eigenvalue weighted by Crippen LogP contribution is 2.15. The van der Waals surface area contributed by atoms with E-state index in [2.05, 4.69) is 52.1 Å². The van der Waals surface area contributed by atoms with Crippen molar-refractivity contribution in [1.29, 1.82) is 0 Å². The average molecular weight is 219 g/mol. The standard InChI is InChI=1S/C15H25N/c1-11(2)6-7-16-10-15-9-13(4)12(3)8-14(15)5/h8-9,11,16H,6-7,10H2,1-5H3. The zero-order valence-corrected chi connectivity index (χ0v) is 11.4. The third-order valence-corrected chi connectivity index (χ3v) is 3.17. The average Bonchev–Trinajstić information content (AvgIpc) is 2.19. The molecule has 0 heterocycles. The summed E-state index contributed by atoms with van der Waals surface area (Å²) < 4.78 is 0. The van der Waals surface area contributed by atoms with Gasteiger partial charge in [-0.1, -0.05) is 26.0 Å². The van der Waals surface area contributed by atoms with Gasteiger partial charge in [-0.25, -0.2) is 0 Å². The molecule has 1 aromatic carbocycles. The molecule has 16 heavy (non-hydrogen) atoms. The minimum Gasteiger partial charge on any atom is -0.313 e. The zero-order valence-electron chi connectivity index (χ0n) is 11.4. The Bertz CT molecular complexity index is 340. The molecule has 0 aromatic heterocycles. The predicted octanol–water partition coefficient (Wildman–Crippen LogP) is 3.75. The molecule has 1 heteroatoms. The first-order valence-electron chi connectivity index (χ1n) is 6.28. The molecule has 0 unspecified atom stereocenters. The van der Waals surface area contributed by atoms with Crippen LogP contribution in [-0.4, -0.2) is 6.54 Å². The lowest BCUT2D eigenvalue weighted by molar-refractivity contribution is 0.537. The van der Waals surface area contributed by atoms with Crippen LogP contribution in [0.2, 0.25) is 0 Å². The van der Waals surface area contributed by atoms with Crippen LogP contribution in [0.4, 0.5) is 0 Å². The van der Waals surface area contributed by atoms with Gasteiger partial charge in [0.15, 0.2) is 0 Å². The van der Waals surface area contributed by atoms with Gasteiger partial charge in [-0.05, 0) is 61.9 Å². The first kappa shape index (κ1) is 13.2. The second-order valence-electron chi connectivity index (χ2n) is 5.22. The topological polar surface area (TPSA) is 12.0 Å². The summed E-state index contributed by atoms with van der Waals surface area (Å²) in [5.74, 6) is 0.786. The quantitative estimate of drug-likeness (QED) is 0.744.